The fraction of sp³-hybridized carbons (Fsp3) is 0.600. The number of hydrogen-bond donors (Lipinski definition) is 1. The molecule has 0 spiro atoms. The van der Waals surface area contributed by atoms with Gasteiger partial charge in [0.1, 0.15) is 17.3 Å². The quantitative estimate of drug-likeness (QED) is 0.898. The van der Waals surface area contributed by atoms with Gasteiger partial charge in [-0.25, -0.2) is 8.78 Å². The second-order valence-corrected chi connectivity index (χ2v) is 5.69. The van der Waals surface area contributed by atoms with Gasteiger partial charge in [0.2, 0.25) is 0 Å². The lowest BCUT2D eigenvalue weighted by atomic mass is 10.1. The van der Waals surface area contributed by atoms with Gasteiger partial charge in [0.25, 0.3) is 0 Å². The Morgan fingerprint density at radius 1 is 1.25 bits per heavy atom. The van der Waals surface area contributed by atoms with E-state index in [0.717, 1.165) is 19.3 Å². The number of rotatable bonds is 5. The Hall–Kier alpha value is -1.20. The average molecular weight is 282 g/mol. The van der Waals surface area contributed by atoms with Crippen molar-refractivity contribution in [1.29, 1.82) is 0 Å². The van der Waals surface area contributed by atoms with Gasteiger partial charge in [-0.1, -0.05) is 0 Å². The topological polar surface area (TPSA) is 24.5 Å². The van der Waals surface area contributed by atoms with Gasteiger partial charge in [0.15, 0.2) is 0 Å². The molecule has 0 radical (unpaired) electrons. The van der Waals surface area contributed by atoms with E-state index in [1.54, 1.807) is 11.9 Å². The second-order valence-electron chi connectivity index (χ2n) is 5.69. The molecule has 1 saturated carbocycles. The zero-order chi connectivity index (χ0) is 14.1. The Morgan fingerprint density at radius 2 is 1.95 bits per heavy atom. The van der Waals surface area contributed by atoms with Gasteiger partial charge in [-0.2, -0.15) is 0 Å². The van der Waals surface area contributed by atoms with Crippen molar-refractivity contribution in [2.75, 3.05) is 25.2 Å². The summed E-state index contributed by atoms with van der Waals surface area (Å²) in [5, 5.41) is 3.26. The van der Waals surface area contributed by atoms with Gasteiger partial charge in [-0.15, -0.1) is 0 Å². The van der Waals surface area contributed by atoms with E-state index in [1.165, 1.54) is 12.1 Å². The maximum absolute atomic E-state index is 14.2. The Balaban J connectivity index is 1.75. The number of nitrogens with zero attached hydrogens (tertiary/aromatic N) is 1. The summed E-state index contributed by atoms with van der Waals surface area (Å²) < 4.78 is 33.7. The van der Waals surface area contributed by atoms with Gasteiger partial charge in [0, 0.05) is 26.2 Å². The zero-order valence-electron chi connectivity index (χ0n) is 11.7. The molecular weight excluding hydrogens is 262 g/mol. The highest BCUT2D eigenvalue weighted by Gasteiger charge is 2.26. The lowest BCUT2D eigenvalue weighted by Crippen LogP contribution is -2.33. The molecule has 1 atom stereocenters. The number of nitrogens with one attached hydrogen (secondary N) is 1. The number of benzene rings is 1. The van der Waals surface area contributed by atoms with Crippen LogP contribution in [0.15, 0.2) is 12.1 Å². The van der Waals surface area contributed by atoms with E-state index in [-0.39, 0.29) is 11.7 Å². The molecule has 0 bridgehead atoms. The first-order chi connectivity index (χ1) is 9.65. The van der Waals surface area contributed by atoms with Crippen LogP contribution in [0.4, 0.5) is 14.5 Å². The molecule has 1 N–H and O–H groups in total. The first-order valence-corrected chi connectivity index (χ1v) is 7.17. The number of anilines is 1. The summed E-state index contributed by atoms with van der Waals surface area (Å²) >= 11 is 0. The summed E-state index contributed by atoms with van der Waals surface area (Å²) in [6.45, 7) is 1.71. The first kappa shape index (κ1) is 13.8. The Morgan fingerprint density at radius 3 is 2.50 bits per heavy atom. The zero-order valence-corrected chi connectivity index (χ0v) is 11.7. The van der Waals surface area contributed by atoms with Crippen molar-refractivity contribution >= 4 is 5.69 Å². The highest BCUT2D eigenvalue weighted by atomic mass is 19.1. The molecule has 110 valence electrons. The Labute approximate surface area is 117 Å². The van der Waals surface area contributed by atoms with Crippen LogP contribution in [0.5, 0.6) is 0 Å². The fourth-order valence-electron chi connectivity index (χ4n) is 2.62. The summed E-state index contributed by atoms with van der Waals surface area (Å²) in [6, 6.07) is 3.44. The van der Waals surface area contributed by atoms with Crippen LogP contribution in [-0.2, 0) is 11.3 Å². The van der Waals surface area contributed by atoms with Crippen molar-refractivity contribution in [3.8, 4) is 0 Å². The molecule has 1 unspecified atom stereocenters. The van der Waals surface area contributed by atoms with E-state index in [0.29, 0.717) is 31.4 Å². The van der Waals surface area contributed by atoms with Crippen LogP contribution in [-0.4, -0.2) is 32.3 Å². The third-order valence-corrected chi connectivity index (χ3v) is 4.05. The molecule has 0 amide bonds. The summed E-state index contributed by atoms with van der Waals surface area (Å²) in [5.41, 5.74) is 0.711. The van der Waals surface area contributed by atoms with Crippen LogP contribution in [0.1, 0.15) is 24.8 Å². The van der Waals surface area contributed by atoms with Gasteiger partial charge in [-0.05, 0) is 37.0 Å². The molecule has 20 heavy (non-hydrogen) atoms. The number of likely N-dealkylation sites (N-methyl/N-ethyl adjacent to an activating group) is 1. The molecule has 3 rings (SSSR count). The summed E-state index contributed by atoms with van der Waals surface area (Å²) in [7, 11) is 1.73. The third kappa shape index (κ3) is 2.94. The van der Waals surface area contributed by atoms with Gasteiger partial charge < -0.3 is 15.0 Å². The minimum atomic E-state index is -0.494. The smallest absolute Gasteiger partial charge is 0.149 e. The maximum atomic E-state index is 14.2. The summed E-state index contributed by atoms with van der Waals surface area (Å²) in [6.07, 6.45) is 3.13. The fourth-order valence-corrected chi connectivity index (χ4v) is 2.62. The first-order valence-electron chi connectivity index (χ1n) is 7.17. The predicted molar refractivity (Wildman–Crippen MR) is 73.8 cm³/mol. The van der Waals surface area contributed by atoms with E-state index in [1.807, 2.05) is 0 Å². The van der Waals surface area contributed by atoms with Gasteiger partial charge >= 0.3 is 0 Å². The SMILES string of the molecule is CN(c1c(F)cc(CNC2CC2)cc1F)C1CCOC1. The van der Waals surface area contributed by atoms with Crippen molar-refractivity contribution in [2.45, 2.75) is 37.9 Å². The standard InChI is InChI=1S/C15H20F2N2O/c1-19(12-4-5-20-9-12)15-13(16)6-10(7-14(15)17)8-18-11-2-3-11/h6-7,11-12,18H,2-5,8-9H2,1H3. The second kappa shape index (κ2) is 5.66. The normalized spacial score (nSPS) is 22.2. The molecule has 1 aromatic rings. The number of hydrogen-bond acceptors (Lipinski definition) is 3. The largest absolute Gasteiger partial charge is 0.379 e. The molecule has 1 heterocycles. The van der Waals surface area contributed by atoms with E-state index in [4.69, 9.17) is 4.74 Å². The average Bonchev–Trinajstić information content (AvgIpc) is 3.07. The van der Waals surface area contributed by atoms with Crippen molar-refractivity contribution in [3.05, 3.63) is 29.3 Å². The van der Waals surface area contributed by atoms with Crippen LogP contribution < -0.4 is 10.2 Å². The maximum Gasteiger partial charge on any atom is 0.149 e. The molecular formula is C15H20F2N2O. The Kier molecular flexibility index (Phi) is 3.89. The molecule has 1 saturated heterocycles. The molecule has 1 aliphatic heterocycles. The third-order valence-electron chi connectivity index (χ3n) is 4.05. The summed E-state index contributed by atoms with van der Waals surface area (Å²) in [4.78, 5) is 1.66. The monoisotopic (exact) mass is 282 g/mol. The van der Waals surface area contributed by atoms with Gasteiger partial charge in [0.05, 0.1) is 12.6 Å². The lowest BCUT2D eigenvalue weighted by Gasteiger charge is -2.26. The lowest BCUT2D eigenvalue weighted by molar-refractivity contribution is 0.193. The highest BCUT2D eigenvalue weighted by Crippen LogP contribution is 2.28. The number of ether oxygens (including phenoxy) is 1. The van der Waals surface area contributed by atoms with E-state index in [2.05, 4.69) is 5.32 Å². The molecule has 3 nitrogen and oxygen atoms in total. The van der Waals surface area contributed by atoms with Crippen LogP contribution >= 0.6 is 0 Å². The molecule has 2 aliphatic rings. The van der Waals surface area contributed by atoms with Gasteiger partial charge in [-0.3, -0.25) is 0 Å². The highest BCUT2D eigenvalue weighted by molar-refractivity contribution is 5.51. The molecule has 1 aromatic carbocycles. The minimum Gasteiger partial charge on any atom is -0.379 e. The van der Waals surface area contributed by atoms with Crippen molar-refractivity contribution in [1.82, 2.24) is 5.32 Å². The molecule has 5 heteroatoms. The molecule has 1 aliphatic carbocycles. The van der Waals surface area contributed by atoms with E-state index >= 15 is 0 Å². The van der Waals surface area contributed by atoms with Crippen LogP contribution in [0.25, 0.3) is 0 Å². The van der Waals surface area contributed by atoms with Crippen LogP contribution in [0.3, 0.4) is 0 Å². The Bertz CT molecular complexity index is 462. The van der Waals surface area contributed by atoms with Crippen molar-refractivity contribution in [2.24, 2.45) is 0 Å². The molecule has 0 aromatic heterocycles. The molecule has 2 fully saturated rings. The predicted octanol–water partition coefficient (Wildman–Crippen LogP) is 2.44. The van der Waals surface area contributed by atoms with E-state index < -0.39 is 11.6 Å². The summed E-state index contributed by atoms with van der Waals surface area (Å²) in [5.74, 6) is -0.987. The minimum absolute atomic E-state index is 0.0504. The number of halogens is 2. The van der Waals surface area contributed by atoms with Crippen LogP contribution in [0, 0.1) is 11.6 Å². The van der Waals surface area contributed by atoms with E-state index in [9.17, 15) is 8.78 Å². The van der Waals surface area contributed by atoms with Crippen molar-refractivity contribution < 1.29 is 13.5 Å². The van der Waals surface area contributed by atoms with Crippen LogP contribution in [0.2, 0.25) is 0 Å². The van der Waals surface area contributed by atoms with Crippen molar-refractivity contribution in [3.63, 3.8) is 0 Å².